The van der Waals surface area contributed by atoms with E-state index < -0.39 is 0 Å². The van der Waals surface area contributed by atoms with Crippen molar-refractivity contribution in [2.45, 2.75) is 39.5 Å². The third-order valence-corrected chi connectivity index (χ3v) is 2.78. The molecule has 1 fully saturated rings. The molecule has 1 rings (SSSR count). The molecule has 2 atom stereocenters. The molecule has 0 N–H and O–H groups in total. The van der Waals surface area contributed by atoms with Gasteiger partial charge in [-0.1, -0.05) is 13.3 Å². The van der Waals surface area contributed by atoms with Crippen molar-refractivity contribution in [3.05, 3.63) is 0 Å². The highest BCUT2D eigenvalue weighted by atomic mass is 16.5. The number of ketones is 1. The van der Waals surface area contributed by atoms with Crippen LogP contribution in [0.2, 0.25) is 0 Å². The molecule has 0 radical (unpaired) electrons. The number of esters is 1. The minimum atomic E-state index is -0.0691. The molecule has 2 unspecified atom stereocenters. The van der Waals surface area contributed by atoms with Crippen molar-refractivity contribution < 1.29 is 14.3 Å². The van der Waals surface area contributed by atoms with Crippen molar-refractivity contribution in [2.24, 2.45) is 11.8 Å². The van der Waals surface area contributed by atoms with Gasteiger partial charge in [-0.2, -0.15) is 0 Å². The molecule has 0 aromatic carbocycles. The van der Waals surface area contributed by atoms with Crippen molar-refractivity contribution in [2.75, 3.05) is 6.61 Å². The molecule has 1 aliphatic heterocycles. The Bertz CT molecular complexity index is 223. The predicted octanol–water partition coefficient (Wildman–Crippen LogP) is 1.94. The fraction of sp³-hybridized carbons (Fsp3) is 0.818. The molecule has 0 bridgehead atoms. The van der Waals surface area contributed by atoms with Crippen LogP contribution in [-0.2, 0) is 14.3 Å². The average molecular weight is 198 g/mol. The molecule has 1 heterocycles. The smallest absolute Gasteiger partial charge is 0.309 e. The molecule has 0 saturated carbocycles. The zero-order valence-electron chi connectivity index (χ0n) is 8.91. The van der Waals surface area contributed by atoms with Crippen LogP contribution in [0.4, 0.5) is 0 Å². The predicted molar refractivity (Wildman–Crippen MR) is 52.8 cm³/mol. The van der Waals surface area contributed by atoms with Crippen LogP contribution in [0.25, 0.3) is 0 Å². The first-order valence-corrected chi connectivity index (χ1v) is 5.31. The molecule has 0 amide bonds. The Morgan fingerprint density at radius 3 is 2.79 bits per heavy atom. The van der Waals surface area contributed by atoms with E-state index in [1.165, 1.54) is 0 Å². The Morgan fingerprint density at radius 2 is 2.21 bits per heavy atom. The van der Waals surface area contributed by atoms with E-state index in [9.17, 15) is 9.59 Å². The lowest BCUT2D eigenvalue weighted by molar-refractivity contribution is -0.141. The highest BCUT2D eigenvalue weighted by Crippen LogP contribution is 2.29. The first-order valence-electron chi connectivity index (χ1n) is 5.31. The van der Waals surface area contributed by atoms with Crippen LogP contribution in [0, 0.1) is 11.8 Å². The van der Waals surface area contributed by atoms with Gasteiger partial charge in [0.05, 0.1) is 12.5 Å². The first kappa shape index (κ1) is 11.2. The summed E-state index contributed by atoms with van der Waals surface area (Å²) in [6, 6.07) is 0. The number of hydrogen-bond donors (Lipinski definition) is 0. The third-order valence-electron chi connectivity index (χ3n) is 2.78. The lowest BCUT2D eigenvalue weighted by Crippen LogP contribution is -2.16. The van der Waals surface area contributed by atoms with Gasteiger partial charge in [-0.15, -0.1) is 0 Å². The van der Waals surface area contributed by atoms with Gasteiger partial charge in [0.1, 0.15) is 5.78 Å². The molecule has 0 aromatic heterocycles. The Morgan fingerprint density at radius 1 is 1.50 bits per heavy atom. The SMILES string of the molecule is CCCC1C(=O)OCC1CCC(C)=O. The Balaban J connectivity index is 2.42. The van der Waals surface area contributed by atoms with Crippen molar-refractivity contribution >= 4 is 11.8 Å². The van der Waals surface area contributed by atoms with E-state index >= 15 is 0 Å². The fourth-order valence-electron chi connectivity index (χ4n) is 1.94. The maximum atomic E-state index is 11.3. The first-order chi connectivity index (χ1) is 6.65. The van der Waals surface area contributed by atoms with Crippen LogP contribution in [0.15, 0.2) is 0 Å². The second-order valence-corrected chi connectivity index (χ2v) is 4.03. The summed E-state index contributed by atoms with van der Waals surface area (Å²) in [5.41, 5.74) is 0. The van der Waals surface area contributed by atoms with Gasteiger partial charge in [0.2, 0.25) is 0 Å². The summed E-state index contributed by atoms with van der Waals surface area (Å²) in [6.07, 6.45) is 3.25. The van der Waals surface area contributed by atoms with Crippen LogP contribution in [0.3, 0.4) is 0 Å². The molecule has 3 nitrogen and oxygen atoms in total. The van der Waals surface area contributed by atoms with Crippen molar-refractivity contribution in [3.63, 3.8) is 0 Å². The lowest BCUT2D eigenvalue weighted by Gasteiger charge is -2.12. The van der Waals surface area contributed by atoms with E-state index in [1.54, 1.807) is 6.92 Å². The lowest BCUT2D eigenvalue weighted by atomic mass is 9.87. The summed E-state index contributed by atoms with van der Waals surface area (Å²) < 4.78 is 5.01. The van der Waals surface area contributed by atoms with Gasteiger partial charge in [0.25, 0.3) is 0 Å². The van der Waals surface area contributed by atoms with Crippen LogP contribution in [0.1, 0.15) is 39.5 Å². The van der Waals surface area contributed by atoms with Gasteiger partial charge >= 0.3 is 5.97 Å². The summed E-state index contributed by atoms with van der Waals surface area (Å²) in [6.45, 7) is 4.16. The van der Waals surface area contributed by atoms with E-state index in [4.69, 9.17) is 4.74 Å². The van der Waals surface area contributed by atoms with E-state index in [0.717, 1.165) is 19.3 Å². The summed E-state index contributed by atoms with van der Waals surface area (Å²) in [5.74, 6) is 0.436. The van der Waals surface area contributed by atoms with Crippen LogP contribution in [-0.4, -0.2) is 18.4 Å². The minimum Gasteiger partial charge on any atom is -0.465 e. The molecule has 80 valence electrons. The zero-order valence-corrected chi connectivity index (χ0v) is 8.91. The summed E-state index contributed by atoms with van der Waals surface area (Å²) in [4.78, 5) is 22.1. The third kappa shape index (κ3) is 2.82. The second-order valence-electron chi connectivity index (χ2n) is 4.03. The largest absolute Gasteiger partial charge is 0.465 e. The summed E-state index contributed by atoms with van der Waals surface area (Å²) in [7, 11) is 0. The van der Waals surface area contributed by atoms with Gasteiger partial charge in [-0.25, -0.2) is 0 Å². The standard InChI is InChI=1S/C11H18O3/c1-3-4-10-9(6-5-8(2)12)7-14-11(10)13/h9-10H,3-7H2,1-2H3. The second kappa shape index (κ2) is 5.13. The quantitative estimate of drug-likeness (QED) is 0.634. The molecule has 0 aliphatic carbocycles. The maximum absolute atomic E-state index is 11.3. The van der Waals surface area contributed by atoms with Gasteiger partial charge in [-0.3, -0.25) is 4.79 Å². The topological polar surface area (TPSA) is 43.4 Å². The number of rotatable bonds is 5. The van der Waals surface area contributed by atoms with Gasteiger partial charge in [0.15, 0.2) is 0 Å². The number of Topliss-reactive ketones (excluding diaryl/α,β-unsaturated/α-hetero) is 1. The highest BCUT2D eigenvalue weighted by Gasteiger charge is 2.35. The minimum absolute atomic E-state index is 0.0411. The summed E-state index contributed by atoms with van der Waals surface area (Å²) in [5, 5.41) is 0. The van der Waals surface area contributed by atoms with Crippen molar-refractivity contribution in [1.82, 2.24) is 0 Å². The average Bonchev–Trinajstić information content (AvgIpc) is 2.46. The van der Waals surface area contributed by atoms with Gasteiger partial charge in [-0.05, 0) is 19.8 Å². The number of carbonyl (C=O) groups excluding carboxylic acids is 2. The van der Waals surface area contributed by atoms with Crippen LogP contribution < -0.4 is 0 Å². The molecule has 1 saturated heterocycles. The maximum Gasteiger partial charge on any atom is 0.309 e. The van der Waals surface area contributed by atoms with Crippen molar-refractivity contribution in [3.8, 4) is 0 Å². The monoisotopic (exact) mass is 198 g/mol. The molecule has 0 spiro atoms. The molecule has 14 heavy (non-hydrogen) atoms. The van der Waals surface area contributed by atoms with Crippen LogP contribution >= 0.6 is 0 Å². The van der Waals surface area contributed by atoms with Crippen LogP contribution in [0.5, 0.6) is 0 Å². The summed E-state index contributed by atoms with van der Waals surface area (Å²) >= 11 is 0. The van der Waals surface area contributed by atoms with E-state index in [2.05, 4.69) is 6.92 Å². The number of cyclic esters (lactones) is 1. The normalized spacial score (nSPS) is 26.3. The molecular weight excluding hydrogens is 180 g/mol. The molecule has 1 aliphatic rings. The van der Waals surface area contributed by atoms with E-state index in [0.29, 0.717) is 13.0 Å². The van der Waals surface area contributed by atoms with E-state index in [1.807, 2.05) is 0 Å². The Kier molecular flexibility index (Phi) is 4.11. The Labute approximate surface area is 84.8 Å². The molecule has 3 heteroatoms. The molecular formula is C11H18O3. The van der Waals surface area contributed by atoms with Gasteiger partial charge < -0.3 is 9.53 Å². The number of ether oxygens (including phenoxy) is 1. The highest BCUT2D eigenvalue weighted by molar-refractivity contribution is 5.76. The van der Waals surface area contributed by atoms with E-state index in [-0.39, 0.29) is 23.6 Å². The van der Waals surface area contributed by atoms with Crippen molar-refractivity contribution in [1.29, 1.82) is 0 Å². The molecule has 0 aromatic rings. The van der Waals surface area contributed by atoms with Gasteiger partial charge in [0, 0.05) is 12.3 Å². The number of hydrogen-bond acceptors (Lipinski definition) is 3. The zero-order chi connectivity index (χ0) is 10.6. The fourth-order valence-corrected chi connectivity index (χ4v) is 1.94. The Hall–Kier alpha value is -0.860. The number of carbonyl (C=O) groups is 2.